The SMILES string of the molecule is COc1ccc(C)cc1N1CCC(C)(N)C1. The number of rotatable bonds is 2. The first-order valence-electron chi connectivity index (χ1n) is 5.70. The van der Waals surface area contributed by atoms with Crippen LogP contribution in [-0.2, 0) is 0 Å². The molecule has 2 N–H and O–H groups in total. The van der Waals surface area contributed by atoms with Crippen LogP contribution in [0.1, 0.15) is 18.9 Å². The first-order chi connectivity index (χ1) is 7.52. The molecule has 1 saturated heterocycles. The Labute approximate surface area is 97.2 Å². The molecule has 0 amide bonds. The smallest absolute Gasteiger partial charge is 0.142 e. The second-order valence-corrected chi connectivity index (χ2v) is 5.00. The van der Waals surface area contributed by atoms with Crippen molar-refractivity contribution in [2.75, 3.05) is 25.1 Å². The monoisotopic (exact) mass is 220 g/mol. The fourth-order valence-electron chi connectivity index (χ4n) is 2.24. The highest BCUT2D eigenvalue weighted by Crippen LogP contribution is 2.33. The maximum atomic E-state index is 6.15. The number of ether oxygens (including phenoxy) is 1. The van der Waals surface area contributed by atoms with Crippen LogP contribution in [0.25, 0.3) is 0 Å². The molecular formula is C13H20N2O. The van der Waals surface area contributed by atoms with Gasteiger partial charge >= 0.3 is 0 Å². The lowest BCUT2D eigenvalue weighted by atomic mass is 10.0. The molecule has 1 aliphatic heterocycles. The van der Waals surface area contributed by atoms with E-state index in [1.807, 2.05) is 6.07 Å². The zero-order valence-electron chi connectivity index (χ0n) is 10.3. The Morgan fingerprint density at radius 1 is 1.44 bits per heavy atom. The van der Waals surface area contributed by atoms with Gasteiger partial charge in [0, 0.05) is 18.6 Å². The van der Waals surface area contributed by atoms with Crippen molar-refractivity contribution in [3.05, 3.63) is 23.8 Å². The molecule has 1 heterocycles. The Balaban J connectivity index is 2.30. The van der Waals surface area contributed by atoms with E-state index in [9.17, 15) is 0 Å². The second-order valence-electron chi connectivity index (χ2n) is 5.00. The van der Waals surface area contributed by atoms with E-state index < -0.39 is 0 Å². The third kappa shape index (κ3) is 2.14. The number of anilines is 1. The topological polar surface area (TPSA) is 38.5 Å². The summed E-state index contributed by atoms with van der Waals surface area (Å²) in [5.74, 6) is 0.934. The molecule has 88 valence electrons. The summed E-state index contributed by atoms with van der Waals surface area (Å²) in [6.07, 6.45) is 1.03. The summed E-state index contributed by atoms with van der Waals surface area (Å²) >= 11 is 0. The van der Waals surface area contributed by atoms with Crippen molar-refractivity contribution in [1.82, 2.24) is 0 Å². The predicted octanol–water partition coefficient (Wildman–Crippen LogP) is 1.93. The Hall–Kier alpha value is -1.22. The number of aryl methyl sites for hydroxylation is 1. The van der Waals surface area contributed by atoms with Gasteiger partial charge in [0.1, 0.15) is 5.75 Å². The van der Waals surface area contributed by atoms with Crippen molar-refractivity contribution in [1.29, 1.82) is 0 Å². The average molecular weight is 220 g/mol. The summed E-state index contributed by atoms with van der Waals surface area (Å²) < 4.78 is 5.40. The van der Waals surface area contributed by atoms with Crippen molar-refractivity contribution in [3.8, 4) is 5.75 Å². The Morgan fingerprint density at radius 3 is 2.75 bits per heavy atom. The Morgan fingerprint density at radius 2 is 2.19 bits per heavy atom. The van der Waals surface area contributed by atoms with Gasteiger partial charge in [-0.25, -0.2) is 0 Å². The predicted molar refractivity (Wildman–Crippen MR) is 67.2 cm³/mol. The van der Waals surface area contributed by atoms with Gasteiger partial charge in [0.05, 0.1) is 12.8 Å². The van der Waals surface area contributed by atoms with E-state index in [2.05, 4.69) is 30.9 Å². The summed E-state index contributed by atoms with van der Waals surface area (Å²) in [5.41, 5.74) is 8.49. The van der Waals surface area contributed by atoms with E-state index in [1.165, 1.54) is 5.56 Å². The van der Waals surface area contributed by atoms with Crippen molar-refractivity contribution in [2.24, 2.45) is 5.73 Å². The molecule has 1 aromatic carbocycles. The van der Waals surface area contributed by atoms with Crippen LogP contribution < -0.4 is 15.4 Å². The largest absolute Gasteiger partial charge is 0.495 e. The maximum absolute atomic E-state index is 6.15. The lowest BCUT2D eigenvalue weighted by Crippen LogP contribution is -2.39. The molecule has 0 radical (unpaired) electrons. The van der Waals surface area contributed by atoms with E-state index in [1.54, 1.807) is 7.11 Å². The molecule has 0 spiro atoms. The molecule has 1 aromatic rings. The van der Waals surface area contributed by atoms with Gasteiger partial charge in [-0.1, -0.05) is 6.07 Å². The summed E-state index contributed by atoms with van der Waals surface area (Å²) in [6.45, 7) is 6.11. The van der Waals surface area contributed by atoms with Gasteiger partial charge in [0.2, 0.25) is 0 Å². The quantitative estimate of drug-likeness (QED) is 0.827. The minimum absolute atomic E-state index is 0.0746. The summed E-state index contributed by atoms with van der Waals surface area (Å²) in [7, 11) is 1.71. The van der Waals surface area contributed by atoms with Crippen LogP contribution in [0.3, 0.4) is 0 Å². The summed E-state index contributed by atoms with van der Waals surface area (Å²) in [4.78, 5) is 2.31. The van der Waals surface area contributed by atoms with Gasteiger partial charge in [-0.3, -0.25) is 0 Å². The minimum Gasteiger partial charge on any atom is -0.495 e. The molecule has 2 rings (SSSR count). The van der Waals surface area contributed by atoms with Gasteiger partial charge < -0.3 is 15.4 Å². The molecule has 1 atom stereocenters. The number of methoxy groups -OCH3 is 1. The molecule has 1 fully saturated rings. The molecule has 3 nitrogen and oxygen atoms in total. The standard InChI is InChI=1S/C13H20N2O/c1-10-4-5-12(16-3)11(8-10)15-7-6-13(2,14)9-15/h4-5,8H,6-7,9,14H2,1-3H3. The number of benzene rings is 1. The first kappa shape index (κ1) is 11.3. The van der Waals surface area contributed by atoms with Crippen molar-refractivity contribution >= 4 is 5.69 Å². The van der Waals surface area contributed by atoms with Crippen molar-refractivity contribution in [2.45, 2.75) is 25.8 Å². The van der Waals surface area contributed by atoms with Crippen molar-refractivity contribution < 1.29 is 4.74 Å². The van der Waals surface area contributed by atoms with Gasteiger partial charge in [0.15, 0.2) is 0 Å². The average Bonchev–Trinajstić information content (AvgIpc) is 2.59. The van der Waals surface area contributed by atoms with Gasteiger partial charge in [-0.05, 0) is 38.0 Å². The molecule has 0 saturated carbocycles. The number of nitrogens with zero attached hydrogens (tertiary/aromatic N) is 1. The van der Waals surface area contributed by atoms with Crippen LogP contribution >= 0.6 is 0 Å². The van der Waals surface area contributed by atoms with E-state index >= 15 is 0 Å². The highest BCUT2D eigenvalue weighted by Gasteiger charge is 2.31. The Bertz CT molecular complexity index is 388. The number of hydrogen-bond donors (Lipinski definition) is 1. The lowest BCUT2D eigenvalue weighted by Gasteiger charge is -2.23. The van der Waals surface area contributed by atoms with Crippen LogP contribution in [0.4, 0.5) is 5.69 Å². The minimum atomic E-state index is -0.0746. The summed E-state index contributed by atoms with van der Waals surface area (Å²) in [5, 5.41) is 0. The molecule has 0 aliphatic carbocycles. The number of hydrogen-bond acceptors (Lipinski definition) is 3. The Kier molecular flexibility index (Phi) is 2.80. The molecule has 3 heteroatoms. The van der Waals surface area contributed by atoms with E-state index in [0.717, 1.165) is 30.9 Å². The van der Waals surface area contributed by atoms with E-state index in [-0.39, 0.29) is 5.54 Å². The lowest BCUT2D eigenvalue weighted by molar-refractivity contribution is 0.414. The highest BCUT2D eigenvalue weighted by molar-refractivity contribution is 5.61. The highest BCUT2D eigenvalue weighted by atomic mass is 16.5. The zero-order valence-corrected chi connectivity index (χ0v) is 10.3. The van der Waals surface area contributed by atoms with E-state index in [4.69, 9.17) is 10.5 Å². The molecule has 0 bridgehead atoms. The van der Waals surface area contributed by atoms with E-state index in [0.29, 0.717) is 0 Å². The number of nitrogens with two attached hydrogens (primary N) is 1. The van der Waals surface area contributed by atoms with Crippen LogP contribution in [0.15, 0.2) is 18.2 Å². The van der Waals surface area contributed by atoms with Crippen molar-refractivity contribution in [3.63, 3.8) is 0 Å². The van der Waals surface area contributed by atoms with Gasteiger partial charge in [0.25, 0.3) is 0 Å². The normalized spacial score (nSPS) is 24.9. The van der Waals surface area contributed by atoms with Crippen LogP contribution in [0.2, 0.25) is 0 Å². The third-order valence-corrected chi connectivity index (χ3v) is 3.18. The first-order valence-corrected chi connectivity index (χ1v) is 5.70. The fourth-order valence-corrected chi connectivity index (χ4v) is 2.24. The van der Waals surface area contributed by atoms with Crippen LogP contribution in [-0.4, -0.2) is 25.7 Å². The zero-order chi connectivity index (χ0) is 11.8. The molecule has 16 heavy (non-hydrogen) atoms. The molecule has 0 aromatic heterocycles. The third-order valence-electron chi connectivity index (χ3n) is 3.18. The van der Waals surface area contributed by atoms with Crippen LogP contribution in [0.5, 0.6) is 5.75 Å². The van der Waals surface area contributed by atoms with Gasteiger partial charge in [-0.15, -0.1) is 0 Å². The summed E-state index contributed by atoms with van der Waals surface area (Å²) in [6, 6.07) is 6.26. The van der Waals surface area contributed by atoms with Crippen LogP contribution in [0, 0.1) is 6.92 Å². The maximum Gasteiger partial charge on any atom is 0.142 e. The molecule has 1 aliphatic rings. The molecule has 1 unspecified atom stereocenters. The van der Waals surface area contributed by atoms with Gasteiger partial charge in [-0.2, -0.15) is 0 Å². The molecular weight excluding hydrogens is 200 g/mol. The fraction of sp³-hybridized carbons (Fsp3) is 0.538. The second kappa shape index (κ2) is 3.98.